The number of benzene rings is 2. The Hall–Kier alpha value is -3.11. The van der Waals surface area contributed by atoms with Gasteiger partial charge in [-0.2, -0.15) is 18.2 Å². The van der Waals surface area contributed by atoms with Crippen molar-refractivity contribution in [2.75, 3.05) is 31.5 Å². The lowest BCUT2D eigenvalue weighted by atomic mass is 10.1. The van der Waals surface area contributed by atoms with Gasteiger partial charge in [-0.15, -0.1) is 0 Å². The van der Waals surface area contributed by atoms with E-state index >= 15 is 0 Å². The van der Waals surface area contributed by atoms with Crippen LogP contribution in [0.5, 0.6) is 0 Å². The van der Waals surface area contributed by atoms with Gasteiger partial charge >= 0.3 is 12.2 Å². The molecule has 0 saturated carbocycles. The molecule has 2 amide bonds. The first-order valence-electron chi connectivity index (χ1n) is 10.3. The molecular formula is C22H21ClF3N5O2. The van der Waals surface area contributed by atoms with Crippen LogP contribution in [0.2, 0.25) is 5.02 Å². The second-order valence-electron chi connectivity index (χ2n) is 7.67. The summed E-state index contributed by atoms with van der Waals surface area (Å²) in [5.41, 5.74) is 0.0809. The van der Waals surface area contributed by atoms with Crippen LogP contribution in [0.3, 0.4) is 0 Å². The molecule has 2 aromatic carbocycles. The number of carbonyl (C=O) groups is 1. The van der Waals surface area contributed by atoms with Gasteiger partial charge in [-0.3, -0.25) is 4.90 Å². The fourth-order valence-corrected chi connectivity index (χ4v) is 3.78. The number of amides is 2. The van der Waals surface area contributed by atoms with Gasteiger partial charge in [0.15, 0.2) is 0 Å². The number of hydrogen-bond acceptors (Lipinski definition) is 5. The van der Waals surface area contributed by atoms with Crippen molar-refractivity contribution >= 4 is 23.3 Å². The second-order valence-corrected chi connectivity index (χ2v) is 8.11. The third-order valence-corrected chi connectivity index (χ3v) is 5.71. The zero-order valence-corrected chi connectivity index (χ0v) is 18.4. The van der Waals surface area contributed by atoms with Gasteiger partial charge in [0.25, 0.3) is 0 Å². The van der Waals surface area contributed by atoms with Crippen molar-refractivity contribution in [2.24, 2.45) is 0 Å². The molecule has 7 nitrogen and oxygen atoms in total. The van der Waals surface area contributed by atoms with Crippen molar-refractivity contribution in [2.45, 2.75) is 19.1 Å². The van der Waals surface area contributed by atoms with Gasteiger partial charge < -0.3 is 14.7 Å². The Kier molecular flexibility index (Phi) is 6.57. The molecule has 33 heavy (non-hydrogen) atoms. The molecule has 2 heterocycles. The summed E-state index contributed by atoms with van der Waals surface area (Å²) in [4.78, 5) is 20.6. The number of aromatic nitrogens is 2. The first-order chi connectivity index (χ1) is 15.7. The maximum absolute atomic E-state index is 13.0. The van der Waals surface area contributed by atoms with Gasteiger partial charge in [-0.05, 0) is 37.3 Å². The Bertz CT molecular complexity index is 1130. The Morgan fingerprint density at radius 3 is 2.55 bits per heavy atom. The molecule has 11 heteroatoms. The minimum absolute atomic E-state index is 0.0995. The highest BCUT2D eigenvalue weighted by molar-refractivity contribution is 6.30. The van der Waals surface area contributed by atoms with Crippen LogP contribution in [0, 0.1) is 0 Å². The van der Waals surface area contributed by atoms with Gasteiger partial charge in [0.1, 0.15) is 0 Å². The molecule has 1 unspecified atom stereocenters. The monoisotopic (exact) mass is 479 g/mol. The van der Waals surface area contributed by atoms with E-state index in [1.54, 1.807) is 29.2 Å². The van der Waals surface area contributed by atoms with Gasteiger partial charge in [-0.25, -0.2) is 4.79 Å². The average molecular weight is 480 g/mol. The molecule has 1 saturated heterocycles. The molecule has 0 bridgehead atoms. The Labute approximate surface area is 193 Å². The number of nitrogens with one attached hydrogen (secondary N) is 1. The van der Waals surface area contributed by atoms with E-state index in [4.69, 9.17) is 16.1 Å². The zero-order valence-electron chi connectivity index (χ0n) is 17.6. The van der Waals surface area contributed by atoms with Gasteiger partial charge in [-0.1, -0.05) is 35.0 Å². The summed E-state index contributed by atoms with van der Waals surface area (Å²) in [7, 11) is 0. The van der Waals surface area contributed by atoms with E-state index in [0.29, 0.717) is 42.8 Å². The van der Waals surface area contributed by atoms with Crippen LogP contribution in [-0.4, -0.2) is 52.2 Å². The molecule has 1 aromatic heterocycles. The molecule has 1 fully saturated rings. The van der Waals surface area contributed by atoms with Crippen LogP contribution in [0.25, 0.3) is 11.4 Å². The first kappa shape index (κ1) is 23.1. The molecule has 1 aliphatic heterocycles. The Morgan fingerprint density at radius 2 is 1.85 bits per heavy atom. The minimum atomic E-state index is -4.45. The molecule has 174 valence electrons. The number of halogens is 4. The average Bonchev–Trinajstić information content (AvgIpc) is 3.29. The lowest BCUT2D eigenvalue weighted by Crippen LogP contribution is -2.50. The maximum atomic E-state index is 13.0. The molecule has 0 radical (unpaired) electrons. The lowest BCUT2D eigenvalue weighted by Gasteiger charge is -2.36. The molecule has 0 spiro atoms. The fraction of sp³-hybridized carbons (Fsp3) is 0.318. The molecule has 4 rings (SSSR count). The summed E-state index contributed by atoms with van der Waals surface area (Å²) in [6, 6.07) is 11.3. The molecule has 1 N–H and O–H groups in total. The number of hydrogen-bond donors (Lipinski definition) is 1. The summed E-state index contributed by atoms with van der Waals surface area (Å²) < 4.78 is 44.3. The van der Waals surface area contributed by atoms with Crippen molar-refractivity contribution in [1.82, 2.24) is 19.9 Å². The predicted octanol–water partition coefficient (Wildman–Crippen LogP) is 5.32. The summed E-state index contributed by atoms with van der Waals surface area (Å²) in [6.45, 7) is 4.01. The SMILES string of the molecule is CC(c1nc(-c2cccc(C(F)(F)F)c2)no1)N1CCN(C(=O)Nc2cccc(Cl)c2)CC1. The van der Waals surface area contributed by atoms with Crippen molar-refractivity contribution < 1.29 is 22.5 Å². The van der Waals surface area contributed by atoms with E-state index in [0.717, 1.165) is 12.1 Å². The number of urea groups is 1. The number of alkyl halides is 3. The van der Waals surface area contributed by atoms with Gasteiger partial charge in [0.2, 0.25) is 11.7 Å². The number of nitrogens with zero attached hydrogens (tertiary/aromatic N) is 4. The van der Waals surface area contributed by atoms with E-state index in [2.05, 4.69) is 20.4 Å². The molecule has 1 atom stereocenters. The quantitative estimate of drug-likeness (QED) is 0.548. The van der Waals surface area contributed by atoms with E-state index in [-0.39, 0.29) is 23.5 Å². The summed E-state index contributed by atoms with van der Waals surface area (Å²) in [5.74, 6) is 0.404. The largest absolute Gasteiger partial charge is 0.416 e. The molecule has 1 aliphatic rings. The normalized spacial score (nSPS) is 16.0. The molecule has 0 aliphatic carbocycles. The highest BCUT2D eigenvalue weighted by Gasteiger charge is 2.31. The molecule has 3 aromatic rings. The Morgan fingerprint density at radius 1 is 1.12 bits per heavy atom. The smallest absolute Gasteiger partial charge is 0.337 e. The van der Waals surface area contributed by atoms with Crippen LogP contribution in [-0.2, 0) is 6.18 Å². The standard InChI is InChI=1S/C22H21ClF3N5O2/c1-14(20-28-19(29-33-20)15-4-2-5-16(12-15)22(24,25)26)30-8-10-31(11-9-30)21(32)27-18-7-3-6-17(23)13-18/h2-7,12-14H,8-11H2,1H3,(H,27,32). The minimum Gasteiger partial charge on any atom is -0.337 e. The van der Waals surface area contributed by atoms with Crippen LogP contribution in [0.4, 0.5) is 23.7 Å². The van der Waals surface area contributed by atoms with Crippen molar-refractivity contribution in [3.05, 3.63) is 65.0 Å². The second kappa shape index (κ2) is 9.40. The van der Waals surface area contributed by atoms with E-state index in [1.165, 1.54) is 12.1 Å². The Balaban J connectivity index is 1.36. The third-order valence-electron chi connectivity index (χ3n) is 5.47. The third kappa shape index (κ3) is 5.45. The fourth-order valence-electron chi connectivity index (χ4n) is 3.59. The highest BCUT2D eigenvalue weighted by atomic mass is 35.5. The summed E-state index contributed by atoms with van der Waals surface area (Å²) in [5, 5.41) is 7.22. The van der Waals surface area contributed by atoms with Crippen LogP contribution < -0.4 is 5.32 Å². The topological polar surface area (TPSA) is 74.5 Å². The summed E-state index contributed by atoms with van der Waals surface area (Å²) in [6.07, 6.45) is -4.45. The van der Waals surface area contributed by atoms with E-state index in [9.17, 15) is 18.0 Å². The number of anilines is 1. The number of carbonyl (C=O) groups excluding carboxylic acids is 1. The van der Waals surface area contributed by atoms with Crippen LogP contribution in [0.15, 0.2) is 53.1 Å². The van der Waals surface area contributed by atoms with Gasteiger partial charge in [0, 0.05) is 42.5 Å². The predicted molar refractivity (Wildman–Crippen MR) is 117 cm³/mol. The lowest BCUT2D eigenvalue weighted by molar-refractivity contribution is -0.137. The molecular weight excluding hydrogens is 459 g/mol. The van der Waals surface area contributed by atoms with E-state index < -0.39 is 11.7 Å². The first-order valence-corrected chi connectivity index (χ1v) is 10.7. The highest BCUT2D eigenvalue weighted by Crippen LogP contribution is 2.32. The number of rotatable bonds is 4. The van der Waals surface area contributed by atoms with Crippen molar-refractivity contribution in [1.29, 1.82) is 0 Å². The van der Waals surface area contributed by atoms with Gasteiger partial charge in [0.05, 0.1) is 11.6 Å². The summed E-state index contributed by atoms with van der Waals surface area (Å²) >= 11 is 5.95. The van der Waals surface area contributed by atoms with E-state index in [1.807, 2.05) is 6.92 Å². The van der Waals surface area contributed by atoms with Crippen molar-refractivity contribution in [3.8, 4) is 11.4 Å². The number of piperazine rings is 1. The maximum Gasteiger partial charge on any atom is 0.416 e. The van der Waals surface area contributed by atoms with Crippen LogP contribution in [0.1, 0.15) is 24.4 Å². The van der Waals surface area contributed by atoms with Crippen LogP contribution >= 0.6 is 11.6 Å². The van der Waals surface area contributed by atoms with Crippen molar-refractivity contribution in [3.63, 3.8) is 0 Å². The zero-order chi connectivity index (χ0) is 23.6.